The number of ether oxygens (including phenoxy) is 1. The van der Waals surface area contributed by atoms with Crippen molar-refractivity contribution in [3.63, 3.8) is 0 Å². The maximum atomic E-state index is 12.6. The first-order valence-corrected chi connectivity index (χ1v) is 6.19. The summed E-state index contributed by atoms with van der Waals surface area (Å²) < 4.78 is 8.42. The zero-order valence-electron chi connectivity index (χ0n) is 10.4. The molecule has 6 nitrogen and oxygen atoms in total. The van der Waals surface area contributed by atoms with Crippen LogP contribution in [0, 0.1) is 0 Å². The summed E-state index contributed by atoms with van der Waals surface area (Å²) in [5.41, 5.74) is 1.13. The highest BCUT2D eigenvalue weighted by atomic mass is 16.5. The second kappa shape index (κ2) is 4.06. The Morgan fingerprint density at radius 2 is 1.95 bits per heavy atom. The first-order valence-electron chi connectivity index (χ1n) is 6.19. The van der Waals surface area contributed by atoms with Crippen LogP contribution >= 0.6 is 0 Å². The van der Waals surface area contributed by atoms with Crippen LogP contribution in [0.5, 0.6) is 5.88 Å². The SMILES string of the molecule is O=c1n(-c2ccccc2)nc2n1-c1cccnc1OC2. The fourth-order valence-corrected chi connectivity index (χ4v) is 2.28. The molecule has 98 valence electrons. The van der Waals surface area contributed by atoms with Gasteiger partial charge in [0.2, 0.25) is 5.88 Å². The lowest BCUT2D eigenvalue weighted by Gasteiger charge is -2.15. The van der Waals surface area contributed by atoms with Gasteiger partial charge in [0, 0.05) is 6.20 Å². The molecule has 0 unspecified atom stereocenters. The van der Waals surface area contributed by atoms with Gasteiger partial charge in [-0.1, -0.05) is 18.2 Å². The molecule has 0 fully saturated rings. The van der Waals surface area contributed by atoms with Crippen LogP contribution in [0.15, 0.2) is 53.5 Å². The number of para-hydroxylation sites is 1. The molecule has 0 N–H and O–H groups in total. The first-order chi connectivity index (χ1) is 9.84. The minimum atomic E-state index is -0.219. The van der Waals surface area contributed by atoms with Gasteiger partial charge in [0.15, 0.2) is 12.4 Å². The molecule has 0 atom stereocenters. The predicted molar refractivity (Wildman–Crippen MR) is 71.3 cm³/mol. The van der Waals surface area contributed by atoms with E-state index in [4.69, 9.17) is 4.74 Å². The van der Waals surface area contributed by atoms with Crippen LogP contribution in [0.1, 0.15) is 5.82 Å². The van der Waals surface area contributed by atoms with Crippen LogP contribution < -0.4 is 10.4 Å². The van der Waals surface area contributed by atoms with Gasteiger partial charge in [0.05, 0.1) is 5.69 Å². The van der Waals surface area contributed by atoms with E-state index in [0.717, 1.165) is 5.69 Å². The summed E-state index contributed by atoms with van der Waals surface area (Å²) in [5.74, 6) is 1.02. The number of hydrogen-bond acceptors (Lipinski definition) is 4. The molecule has 4 rings (SSSR count). The molecular weight excluding hydrogens is 256 g/mol. The van der Waals surface area contributed by atoms with Crippen LogP contribution in [0.3, 0.4) is 0 Å². The zero-order valence-corrected chi connectivity index (χ0v) is 10.4. The molecule has 1 aliphatic rings. The Morgan fingerprint density at radius 1 is 1.10 bits per heavy atom. The van der Waals surface area contributed by atoms with E-state index >= 15 is 0 Å². The maximum absolute atomic E-state index is 12.6. The molecule has 20 heavy (non-hydrogen) atoms. The van der Waals surface area contributed by atoms with Crippen molar-refractivity contribution in [2.75, 3.05) is 0 Å². The molecule has 0 aliphatic carbocycles. The van der Waals surface area contributed by atoms with Gasteiger partial charge in [-0.05, 0) is 24.3 Å². The van der Waals surface area contributed by atoms with E-state index in [1.807, 2.05) is 30.3 Å². The Hall–Kier alpha value is -2.89. The summed E-state index contributed by atoms with van der Waals surface area (Å²) in [4.78, 5) is 16.7. The monoisotopic (exact) mass is 266 g/mol. The van der Waals surface area contributed by atoms with E-state index < -0.39 is 0 Å². The molecule has 0 saturated heterocycles. The van der Waals surface area contributed by atoms with Gasteiger partial charge in [-0.2, -0.15) is 4.68 Å². The number of hydrogen-bond donors (Lipinski definition) is 0. The van der Waals surface area contributed by atoms with Gasteiger partial charge in [-0.25, -0.2) is 14.3 Å². The highest BCUT2D eigenvalue weighted by Gasteiger charge is 2.24. The third-order valence-corrected chi connectivity index (χ3v) is 3.18. The zero-order chi connectivity index (χ0) is 13.5. The highest BCUT2D eigenvalue weighted by molar-refractivity contribution is 5.44. The van der Waals surface area contributed by atoms with Crippen molar-refractivity contribution in [1.29, 1.82) is 0 Å². The Morgan fingerprint density at radius 3 is 2.80 bits per heavy atom. The molecule has 2 aromatic heterocycles. The fraction of sp³-hybridized carbons (Fsp3) is 0.0714. The molecule has 6 heteroatoms. The van der Waals surface area contributed by atoms with Gasteiger partial charge in [-0.3, -0.25) is 0 Å². The van der Waals surface area contributed by atoms with E-state index in [1.54, 1.807) is 22.9 Å². The van der Waals surface area contributed by atoms with Gasteiger partial charge in [-0.15, -0.1) is 5.10 Å². The van der Waals surface area contributed by atoms with Gasteiger partial charge >= 0.3 is 5.69 Å². The van der Waals surface area contributed by atoms with Crippen LogP contribution in [-0.2, 0) is 6.61 Å². The molecule has 0 radical (unpaired) electrons. The summed E-state index contributed by atoms with van der Waals surface area (Å²) in [6.45, 7) is 0.235. The Bertz CT molecular complexity index is 836. The largest absolute Gasteiger partial charge is 0.468 e. The second-order valence-electron chi connectivity index (χ2n) is 4.40. The minimum Gasteiger partial charge on any atom is -0.468 e. The molecule has 3 heterocycles. The first kappa shape index (κ1) is 11.0. The van der Waals surface area contributed by atoms with E-state index in [1.165, 1.54) is 4.68 Å². The average molecular weight is 266 g/mol. The lowest BCUT2D eigenvalue weighted by molar-refractivity contribution is 0.267. The van der Waals surface area contributed by atoms with Gasteiger partial charge < -0.3 is 4.74 Å². The molecule has 1 aromatic carbocycles. The van der Waals surface area contributed by atoms with Crippen molar-refractivity contribution in [2.24, 2.45) is 0 Å². The van der Waals surface area contributed by atoms with Crippen molar-refractivity contribution in [3.05, 3.63) is 65.0 Å². The Labute approximate surface area is 113 Å². The summed E-state index contributed by atoms with van der Waals surface area (Å²) in [7, 11) is 0. The Kier molecular flexibility index (Phi) is 2.23. The molecule has 0 saturated carbocycles. The topological polar surface area (TPSA) is 61.9 Å². The normalized spacial score (nSPS) is 12.4. The lowest BCUT2D eigenvalue weighted by Crippen LogP contribution is -2.25. The van der Waals surface area contributed by atoms with Gasteiger partial charge in [0.25, 0.3) is 0 Å². The van der Waals surface area contributed by atoms with Crippen molar-refractivity contribution in [3.8, 4) is 17.3 Å². The van der Waals surface area contributed by atoms with Crippen molar-refractivity contribution < 1.29 is 4.74 Å². The van der Waals surface area contributed by atoms with Gasteiger partial charge in [0.1, 0.15) is 5.69 Å². The lowest BCUT2D eigenvalue weighted by atomic mass is 10.3. The summed E-state index contributed by atoms with van der Waals surface area (Å²) >= 11 is 0. The van der Waals surface area contributed by atoms with Crippen molar-refractivity contribution >= 4 is 0 Å². The van der Waals surface area contributed by atoms with Crippen LogP contribution in [0.2, 0.25) is 0 Å². The maximum Gasteiger partial charge on any atom is 0.355 e. The van der Waals surface area contributed by atoms with E-state index in [-0.39, 0.29) is 12.3 Å². The number of fused-ring (bicyclic) bond motifs is 3. The van der Waals surface area contributed by atoms with Crippen molar-refractivity contribution in [2.45, 2.75) is 6.61 Å². The van der Waals surface area contributed by atoms with Crippen LogP contribution in [0.25, 0.3) is 11.4 Å². The molecule has 3 aromatic rings. The second-order valence-corrected chi connectivity index (χ2v) is 4.40. The standard InChI is InChI=1S/C14H10N4O2/c19-14-17-11-7-4-8-15-13(11)20-9-12(17)16-18(14)10-5-2-1-3-6-10/h1-8H,9H2. The average Bonchev–Trinajstić information content (AvgIpc) is 2.86. The molecule has 0 bridgehead atoms. The Balaban J connectivity index is 1.98. The molecule has 0 amide bonds. The predicted octanol–water partition coefficient (Wildman–Crippen LogP) is 1.31. The number of rotatable bonds is 1. The van der Waals surface area contributed by atoms with Crippen LogP contribution in [-0.4, -0.2) is 19.3 Å². The third-order valence-electron chi connectivity index (χ3n) is 3.18. The number of pyridine rings is 1. The third kappa shape index (κ3) is 1.48. The molecular formula is C14H10N4O2. The van der Waals surface area contributed by atoms with Crippen molar-refractivity contribution in [1.82, 2.24) is 19.3 Å². The van der Waals surface area contributed by atoms with E-state index in [0.29, 0.717) is 17.4 Å². The quantitative estimate of drug-likeness (QED) is 0.666. The summed E-state index contributed by atoms with van der Waals surface area (Å²) in [5, 5.41) is 4.33. The number of nitrogens with zero attached hydrogens (tertiary/aromatic N) is 4. The number of benzene rings is 1. The highest BCUT2D eigenvalue weighted by Crippen LogP contribution is 2.24. The minimum absolute atomic E-state index is 0.219. The van der Waals surface area contributed by atoms with E-state index in [2.05, 4.69) is 10.1 Å². The van der Waals surface area contributed by atoms with E-state index in [9.17, 15) is 4.79 Å². The summed E-state index contributed by atoms with van der Waals surface area (Å²) in [6, 6.07) is 12.9. The van der Waals surface area contributed by atoms with Crippen LogP contribution in [0.4, 0.5) is 0 Å². The molecule has 1 aliphatic heterocycles. The molecule has 0 spiro atoms. The smallest absolute Gasteiger partial charge is 0.355 e. The fourth-order valence-electron chi connectivity index (χ4n) is 2.28. The number of aromatic nitrogens is 4. The summed E-state index contributed by atoms with van der Waals surface area (Å²) in [6.07, 6.45) is 1.64.